The molecule has 0 spiro atoms. The SMILES string of the molecule is CCOc1ccc(S(=O)(=O)NCCC(=O)NC[C@@H](c2ccc(OC)cc2)N2CCCC2)cc1. The number of carbonyl (C=O) groups is 1. The van der Waals surface area contributed by atoms with E-state index in [1.165, 1.54) is 12.1 Å². The van der Waals surface area contributed by atoms with E-state index >= 15 is 0 Å². The molecule has 8 nitrogen and oxygen atoms in total. The van der Waals surface area contributed by atoms with Crippen LogP contribution in [0.15, 0.2) is 53.4 Å². The van der Waals surface area contributed by atoms with Crippen molar-refractivity contribution in [1.82, 2.24) is 14.9 Å². The third-order valence-electron chi connectivity index (χ3n) is 5.66. The van der Waals surface area contributed by atoms with Gasteiger partial charge in [-0.3, -0.25) is 9.69 Å². The van der Waals surface area contributed by atoms with Gasteiger partial charge in [-0.15, -0.1) is 0 Å². The quantitative estimate of drug-likeness (QED) is 0.490. The van der Waals surface area contributed by atoms with Gasteiger partial charge in [0.05, 0.1) is 24.7 Å². The Labute approximate surface area is 196 Å². The van der Waals surface area contributed by atoms with Gasteiger partial charge in [-0.05, 0) is 74.8 Å². The first-order valence-corrected chi connectivity index (χ1v) is 12.8. The predicted octanol–water partition coefficient (Wildman–Crippen LogP) is 2.72. The number of hydrogen-bond acceptors (Lipinski definition) is 6. The van der Waals surface area contributed by atoms with Gasteiger partial charge >= 0.3 is 0 Å². The van der Waals surface area contributed by atoms with Gasteiger partial charge in [-0.1, -0.05) is 12.1 Å². The Kier molecular flexibility index (Phi) is 9.11. The van der Waals surface area contributed by atoms with Crippen LogP contribution in [0.25, 0.3) is 0 Å². The van der Waals surface area contributed by atoms with Gasteiger partial charge in [-0.2, -0.15) is 0 Å². The maximum atomic E-state index is 12.5. The lowest BCUT2D eigenvalue weighted by atomic mass is 10.1. The molecule has 2 N–H and O–H groups in total. The van der Waals surface area contributed by atoms with Crippen LogP contribution in [-0.2, 0) is 14.8 Å². The highest BCUT2D eigenvalue weighted by Crippen LogP contribution is 2.26. The lowest BCUT2D eigenvalue weighted by molar-refractivity contribution is -0.121. The second-order valence-corrected chi connectivity index (χ2v) is 9.66. The molecule has 1 amide bonds. The second kappa shape index (κ2) is 12.0. The van der Waals surface area contributed by atoms with E-state index in [0.29, 0.717) is 18.9 Å². The summed E-state index contributed by atoms with van der Waals surface area (Å²) in [4.78, 5) is 14.9. The summed E-state index contributed by atoms with van der Waals surface area (Å²) in [5.74, 6) is 1.21. The maximum Gasteiger partial charge on any atom is 0.240 e. The highest BCUT2D eigenvalue weighted by molar-refractivity contribution is 7.89. The summed E-state index contributed by atoms with van der Waals surface area (Å²) in [7, 11) is -2.05. The first kappa shape index (κ1) is 25.0. The minimum atomic E-state index is -3.69. The van der Waals surface area contributed by atoms with Crippen LogP contribution in [0.5, 0.6) is 11.5 Å². The zero-order chi connectivity index (χ0) is 23.7. The Morgan fingerprint density at radius 1 is 1.03 bits per heavy atom. The Hall–Kier alpha value is -2.62. The van der Waals surface area contributed by atoms with Crippen molar-refractivity contribution in [1.29, 1.82) is 0 Å². The number of methoxy groups -OCH3 is 1. The van der Waals surface area contributed by atoms with E-state index in [4.69, 9.17) is 9.47 Å². The molecule has 0 aliphatic carbocycles. The van der Waals surface area contributed by atoms with Crippen molar-refractivity contribution < 1.29 is 22.7 Å². The first-order chi connectivity index (χ1) is 15.9. The van der Waals surface area contributed by atoms with Crippen molar-refractivity contribution in [3.63, 3.8) is 0 Å². The van der Waals surface area contributed by atoms with Crippen LogP contribution in [0.3, 0.4) is 0 Å². The minimum Gasteiger partial charge on any atom is -0.497 e. The van der Waals surface area contributed by atoms with E-state index in [9.17, 15) is 13.2 Å². The molecule has 9 heteroatoms. The molecule has 0 unspecified atom stereocenters. The molecule has 1 aliphatic heterocycles. The van der Waals surface area contributed by atoms with Gasteiger partial charge in [0.25, 0.3) is 0 Å². The number of ether oxygens (including phenoxy) is 2. The molecule has 1 heterocycles. The van der Waals surface area contributed by atoms with E-state index in [1.807, 2.05) is 31.2 Å². The summed E-state index contributed by atoms with van der Waals surface area (Å²) >= 11 is 0. The topological polar surface area (TPSA) is 97.0 Å². The molecule has 0 saturated carbocycles. The van der Waals surface area contributed by atoms with Gasteiger partial charge in [0.1, 0.15) is 11.5 Å². The molecule has 1 atom stereocenters. The van der Waals surface area contributed by atoms with Crippen molar-refractivity contribution >= 4 is 15.9 Å². The number of amides is 1. The highest BCUT2D eigenvalue weighted by Gasteiger charge is 2.24. The standard InChI is InChI=1S/C24H33N3O5S/c1-3-32-21-10-12-22(13-11-21)33(29,30)26-15-14-24(28)25-18-23(27-16-4-5-17-27)19-6-8-20(31-2)9-7-19/h6-13,23,26H,3-5,14-18H2,1-2H3,(H,25,28)/t23-/m0/s1. The minimum absolute atomic E-state index is 0.0261. The largest absolute Gasteiger partial charge is 0.497 e. The molecule has 180 valence electrons. The fraction of sp³-hybridized carbons (Fsp3) is 0.458. The summed E-state index contributed by atoms with van der Waals surface area (Å²) in [6.45, 7) is 4.86. The molecule has 1 saturated heterocycles. The first-order valence-electron chi connectivity index (χ1n) is 11.3. The van der Waals surface area contributed by atoms with Crippen LogP contribution in [0.1, 0.15) is 37.8 Å². The van der Waals surface area contributed by atoms with Crippen molar-refractivity contribution in [3.8, 4) is 11.5 Å². The van der Waals surface area contributed by atoms with E-state index in [2.05, 4.69) is 14.9 Å². The van der Waals surface area contributed by atoms with Crippen molar-refractivity contribution in [3.05, 3.63) is 54.1 Å². The van der Waals surface area contributed by atoms with Crippen molar-refractivity contribution in [2.45, 2.75) is 37.1 Å². The number of sulfonamides is 1. The number of benzene rings is 2. The Morgan fingerprint density at radius 3 is 2.27 bits per heavy atom. The molecular formula is C24H33N3O5S. The molecule has 0 radical (unpaired) electrons. The molecule has 0 bridgehead atoms. The number of likely N-dealkylation sites (tertiary alicyclic amines) is 1. The summed E-state index contributed by atoms with van der Waals surface area (Å²) in [6, 6.07) is 14.2. The normalized spacial score (nSPS) is 15.2. The van der Waals surface area contributed by atoms with E-state index in [0.717, 1.165) is 37.2 Å². The molecule has 2 aromatic rings. The van der Waals surface area contributed by atoms with Crippen LogP contribution in [0.2, 0.25) is 0 Å². The third-order valence-corrected chi connectivity index (χ3v) is 7.14. The van der Waals surface area contributed by atoms with Gasteiger partial charge in [0.2, 0.25) is 15.9 Å². The van der Waals surface area contributed by atoms with Crippen LogP contribution in [0, 0.1) is 0 Å². The molecule has 3 rings (SSSR count). The number of hydrogen-bond donors (Lipinski definition) is 2. The van der Waals surface area contributed by atoms with Crippen LogP contribution < -0.4 is 19.5 Å². The Balaban J connectivity index is 1.51. The number of rotatable bonds is 12. The lowest BCUT2D eigenvalue weighted by Crippen LogP contribution is -2.38. The molecular weight excluding hydrogens is 442 g/mol. The van der Waals surface area contributed by atoms with Gasteiger partial charge < -0.3 is 14.8 Å². The fourth-order valence-corrected chi connectivity index (χ4v) is 4.93. The molecule has 2 aromatic carbocycles. The zero-order valence-electron chi connectivity index (χ0n) is 19.2. The second-order valence-electron chi connectivity index (χ2n) is 7.89. The average Bonchev–Trinajstić information content (AvgIpc) is 3.35. The van der Waals surface area contributed by atoms with Gasteiger partial charge in [0, 0.05) is 19.5 Å². The average molecular weight is 476 g/mol. The van der Waals surface area contributed by atoms with Crippen LogP contribution >= 0.6 is 0 Å². The number of nitrogens with one attached hydrogen (secondary N) is 2. The number of nitrogens with zero attached hydrogens (tertiary/aromatic N) is 1. The highest BCUT2D eigenvalue weighted by atomic mass is 32.2. The lowest BCUT2D eigenvalue weighted by Gasteiger charge is -2.28. The number of carbonyl (C=O) groups excluding carboxylic acids is 1. The molecule has 1 fully saturated rings. The molecule has 33 heavy (non-hydrogen) atoms. The predicted molar refractivity (Wildman–Crippen MR) is 127 cm³/mol. The molecule has 1 aliphatic rings. The van der Waals surface area contributed by atoms with Crippen molar-refractivity contribution in [2.24, 2.45) is 0 Å². The zero-order valence-corrected chi connectivity index (χ0v) is 20.1. The smallest absolute Gasteiger partial charge is 0.240 e. The monoisotopic (exact) mass is 475 g/mol. The van der Waals surface area contributed by atoms with E-state index in [-0.39, 0.29) is 29.8 Å². The summed E-state index contributed by atoms with van der Waals surface area (Å²) in [5.41, 5.74) is 1.12. The van der Waals surface area contributed by atoms with Gasteiger partial charge in [-0.25, -0.2) is 13.1 Å². The summed E-state index contributed by atoms with van der Waals surface area (Å²) in [5, 5.41) is 2.97. The van der Waals surface area contributed by atoms with Crippen LogP contribution in [-0.4, -0.2) is 59.1 Å². The Morgan fingerprint density at radius 2 is 1.67 bits per heavy atom. The Bertz CT molecular complexity index is 988. The maximum absolute atomic E-state index is 12.5. The fourth-order valence-electron chi connectivity index (χ4n) is 3.90. The van der Waals surface area contributed by atoms with Crippen LogP contribution in [0.4, 0.5) is 0 Å². The van der Waals surface area contributed by atoms with Crippen molar-refractivity contribution in [2.75, 3.05) is 39.9 Å². The molecule has 0 aromatic heterocycles. The van der Waals surface area contributed by atoms with Gasteiger partial charge in [0.15, 0.2) is 0 Å². The summed E-state index contributed by atoms with van der Waals surface area (Å²) in [6.07, 6.45) is 2.35. The summed E-state index contributed by atoms with van der Waals surface area (Å²) < 4.78 is 38.0. The third kappa shape index (κ3) is 7.18. The van der Waals surface area contributed by atoms with E-state index < -0.39 is 10.0 Å². The van der Waals surface area contributed by atoms with E-state index in [1.54, 1.807) is 19.2 Å².